The highest BCUT2D eigenvalue weighted by atomic mass is 16.5. The minimum absolute atomic E-state index is 0.740. The second kappa shape index (κ2) is 4.61. The van der Waals surface area contributed by atoms with Crippen molar-refractivity contribution in [3.8, 4) is 11.5 Å². The van der Waals surface area contributed by atoms with E-state index in [1.807, 2.05) is 55.5 Å². The number of para-hydroxylation sites is 1. The van der Waals surface area contributed by atoms with Crippen molar-refractivity contribution >= 4 is 16.6 Å². The van der Waals surface area contributed by atoms with Gasteiger partial charge in [-0.25, -0.2) is 0 Å². The van der Waals surface area contributed by atoms with Crippen LogP contribution >= 0.6 is 0 Å². The van der Waals surface area contributed by atoms with Gasteiger partial charge in [-0.05, 0) is 48.9 Å². The Kier molecular flexibility index (Phi) is 2.80. The Balaban J connectivity index is 2.06. The van der Waals surface area contributed by atoms with E-state index in [2.05, 4.69) is 4.98 Å². The summed E-state index contributed by atoms with van der Waals surface area (Å²) in [4.78, 5) is 4.32. The Bertz CT molecular complexity index is 732. The molecule has 3 aromatic rings. The molecular weight excluding hydrogens is 236 g/mol. The van der Waals surface area contributed by atoms with Crippen LogP contribution in [0.3, 0.4) is 0 Å². The van der Waals surface area contributed by atoms with E-state index in [9.17, 15) is 0 Å². The highest BCUT2D eigenvalue weighted by Gasteiger charge is 2.06. The van der Waals surface area contributed by atoms with Gasteiger partial charge >= 0.3 is 0 Å². The van der Waals surface area contributed by atoms with Gasteiger partial charge in [-0.2, -0.15) is 0 Å². The fourth-order valence-corrected chi connectivity index (χ4v) is 2.06. The van der Waals surface area contributed by atoms with Gasteiger partial charge in [-0.1, -0.05) is 12.1 Å². The third-order valence-electron chi connectivity index (χ3n) is 3.03. The monoisotopic (exact) mass is 250 g/mol. The molecule has 3 heteroatoms. The number of ether oxygens (including phenoxy) is 1. The molecule has 3 rings (SSSR count). The summed E-state index contributed by atoms with van der Waals surface area (Å²) in [6.07, 6.45) is 1.75. The smallest absolute Gasteiger partial charge is 0.138 e. The molecule has 94 valence electrons. The van der Waals surface area contributed by atoms with E-state index in [1.165, 1.54) is 0 Å². The summed E-state index contributed by atoms with van der Waals surface area (Å²) in [5.74, 6) is 1.61. The number of pyridine rings is 1. The molecule has 3 nitrogen and oxygen atoms in total. The van der Waals surface area contributed by atoms with Crippen LogP contribution < -0.4 is 10.5 Å². The van der Waals surface area contributed by atoms with E-state index >= 15 is 0 Å². The van der Waals surface area contributed by atoms with Gasteiger partial charge in [-0.3, -0.25) is 4.98 Å². The van der Waals surface area contributed by atoms with Crippen molar-refractivity contribution in [2.75, 3.05) is 5.73 Å². The number of benzene rings is 2. The van der Waals surface area contributed by atoms with Crippen LogP contribution in [0.25, 0.3) is 10.9 Å². The number of fused-ring (bicyclic) bond motifs is 1. The Labute approximate surface area is 111 Å². The van der Waals surface area contributed by atoms with Crippen LogP contribution in [-0.2, 0) is 0 Å². The summed E-state index contributed by atoms with van der Waals surface area (Å²) in [6, 6.07) is 15.4. The molecule has 0 saturated heterocycles. The molecule has 19 heavy (non-hydrogen) atoms. The van der Waals surface area contributed by atoms with Crippen LogP contribution in [0.2, 0.25) is 0 Å². The van der Waals surface area contributed by atoms with Gasteiger partial charge in [0.15, 0.2) is 0 Å². The molecule has 0 aliphatic heterocycles. The van der Waals surface area contributed by atoms with Gasteiger partial charge in [0.25, 0.3) is 0 Å². The molecule has 0 bridgehead atoms. The third kappa shape index (κ3) is 2.22. The second-order valence-electron chi connectivity index (χ2n) is 4.45. The molecule has 0 saturated carbocycles. The van der Waals surface area contributed by atoms with Crippen LogP contribution in [0.4, 0.5) is 5.69 Å². The van der Waals surface area contributed by atoms with Crippen molar-refractivity contribution in [2.24, 2.45) is 0 Å². The van der Waals surface area contributed by atoms with E-state index in [1.54, 1.807) is 6.20 Å². The van der Waals surface area contributed by atoms with Crippen molar-refractivity contribution in [1.29, 1.82) is 0 Å². The molecule has 2 N–H and O–H groups in total. The van der Waals surface area contributed by atoms with Crippen LogP contribution in [-0.4, -0.2) is 4.98 Å². The first-order valence-corrected chi connectivity index (χ1v) is 6.12. The molecule has 0 aliphatic rings. The molecule has 2 aromatic carbocycles. The second-order valence-corrected chi connectivity index (χ2v) is 4.45. The largest absolute Gasteiger partial charge is 0.456 e. The zero-order chi connectivity index (χ0) is 13.2. The third-order valence-corrected chi connectivity index (χ3v) is 3.03. The van der Waals surface area contributed by atoms with Gasteiger partial charge in [0, 0.05) is 17.3 Å². The summed E-state index contributed by atoms with van der Waals surface area (Å²) < 4.78 is 5.98. The lowest BCUT2D eigenvalue weighted by atomic mass is 10.2. The first-order chi connectivity index (χ1) is 9.24. The predicted molar refractivity (Wildman–Crippen MR) is 77.4 cm³/mol. The van der Waals surface area contributed by atoms with E-state index in [0.29, 0.717) is 0 Å². The number of nitrogens with zero attached hydrogens (tertiary/aromatic N) is 1. The van der Waals surface area contributed by atoms with Gasteiger partial charge < -0.3 is 10.5 Å². The minimum Gasteiger partial charge on any atom is -0.456 e. The van der Waals surface area contributed by atoms with Crippen LogP contribution in [0, 0.1) is 6.92 Å². The summed E-state index contributed by atoms with van der Waals surface area (Å²) >= 11 is 0. The maximum Gasteiger partial charge on any atom is 0.138 e. The zero-order valence-corrected chi connectivity index (χ0v) is 10.6. The molecule has 1 heterocycles. The van der Waals surface area contributed by atoms with Crippen molar-refractivity contribution in [3.05, 3.63) is 60.3 Å². The van der Waals surface area contributed by atoms with Crippen LogP contribution in [0.5, 0.6) is 11.5 Å². The van der Waals surface area contributed by atoms with E-state index in [0.717, 1.165) is 33.7 Å². The lowest BCUT2D eigenvalue weighted by molar-refractivity contribution is 0.484. The van der Waals surface area contributed by atoms with E-state index in [-0.39, 0.29) is 0 Å². The Morgan fingerprint density at radius 1 is 1.00 bits per heavy atom. The summed E-state index contributed by atoms with van der Waals surface area (Å²) in [6.45, 7) is 1.98. The summed E-state index contributed by atoms with van der Waals surface area (Å²) in [5.41, 5.74) is 8.42. The standard InChI is InChI=1S/C16H14N2O/c1-11-10-12(17)6-7-15(11)19-16-8-9-18-14-5-3-2-4-13(14)16/h2-10H,17H2,1H3. The molecule has 0 radical (unpaired) electrons. The molecule has 0 unspecified atom stereocenters. The Morgan fingerprint density at radius 2 is 1.84 bits per heavy atom. The number of nitrogens with two attached hydrogens (primary N) is 1. The Hall–Kier alpha value is -2.55. The topological polar surface area (TPSA) is 48.1 Å². The van der Waals surface area contributed by atoms with Gasteiger partial charge in [0.1, 0.15) is 11.5 Å². The van der Waals surface area contributed by atoms with Crippen molar-refractivity contribution in [2.45, 2.75) is 6.92 Å². The highest BCUT2D eigenvalue weighted by Crippen LogP contribution is 2.31. The SMILES string of the molecule is Cc1cc(N)ccc1Oc1ccnc2ccccc12. The van der Waals surface area contributed by atoms with Gasteiger partial charge in [0.05, 0.1) is 5.52 Å². The van der Waals surface area contributed by atoms with E-state index < -0.39 is 0 Å². The number of aryl methyl sites for hydroxylation is 1. The number of aromatic nitrogens is 1. The number of anilines is 1. The number of rotatable bonds is 2. The Morgan fingerprint density at radius 3 is 2.68 bits per heavy atom. The first-order valence-electron chi connectivity index (χ1n) is 6.12. The average molecular weight is 250 g/mol. The molecule has 0 aliphatic carbocycles. The first kappa shape index (κ1) is 11.5. The van der Waals surface area contributed by atoms with Gasteiger partial charge in [0.2, 0.25) is 0 Å². The normalized spacial score (nSPS) is 10.6. The fraction of sp³-hybridized carbons (Fsp3) is 0.0625. The van der Waals surface area contributed by atoms with Crippen molar-refractivity contribution < 1.29 is 4.74 Å². The lowest BCUT2D eigenvalue weighted by Gasteiger charge is -2.11. The fourth-order valence-electron chi connectivity index (χ4n) is 2.06. The summed E-state index contributed by atoms with van der Waals surface area (Å²) in [5, 5.41) is 1.00. The van der Waals surface area contributed by atoms with Crippen LogP contribution in [0.15, 0.2) is 54.7 Å². The molecular formula is C16H14N2O. The van der Waals surface area contributed by atoms with Gasteiger partial charge in [-0.15, -0.1) is 0 Å². The van der Waals surface area contributed by atoms with Crippen molar-refractivity contribution in [1.82, 2.24) is 4.98 Å². The number of hydrogen-bond donors (Lipinski definition) is 1. The minimum atomic E-state index is 0.740. The van der Waals surface area contributed by atoms with Crippen LogP contribution in [0.1, 0.15) is 5.56 Å². The molecule has 0 fully saturated rings. The zero-order valence-electron chi connectivity index (χ0n) is 10.6. The molecule has 1 aromatic heterocycles. The summed E-state index contributed by atoms with van der Waals surface area (Å²) in [7, 11) is 0. The van der Waals surface area contributed by atoms with E-state index in [4.69, 9.17) is 10.5 Å². The maximum atomic E-state index is 5.98. The average Bonchev–Trinajstić information content (AvgIpc) is 2.42. The number of nitrogen functional groups attached to an aromatic ring is 1. The maximum absolute atomic E-state index is 5.98. The molecule has 0 spiro atoms. The highest BCUT2D eigenvalue weighted by molar-refractivity contribution is 5.85. The predicted octanol–water partition coefficient (Wildman–Crippen LogP) is 3.92. The quantitative estimate of drug-likeness (QED) is 0.701. The van der Waals surface area contributed by atoms with Crippen molar-refractivity contribution in [3.63, 3.8) is 0 Å². The number of hydrogen-bond acceptors (Lipinski definition) is 3. The molecule has 0 amide bonds. The molecule has 0 atom stereocenters. The lowest BCUT2D eigenvalue weighted by Crippen LogP contribution is -1.92.